The molecule has 0 amide bonds. The first-order valence-corrected chi connectivity index (χ1v) is 15.1. The van der Waals surface area contributed by atoms with E-state index in [1.807, 2.05) is 50.2 Å². The number of nitrogens with two attached hydrogens (primary N) is 1. The Bertz CT molecular complexity index is 1840. The molecular weight excluding hydrogens is 544 g/mol. The average molecular weight is 573 g/mol. The Kier molecular flexibility index (Phi) is 7.44. The van der Waals surface area contributed by atoms with Crippen molar-refractivity contribution in [2.24, 2.45) is 0 Å². The number of aromatic nitrogens is 1. The Morgan fingerprint density at radius 2 is 1.57 bits per heavy atom. The number of nitrogen functional groups attached to an aromatic ring is 1. The van der Waals surface area contributed by atoms with Crippen LogP contribution in [0.5, 0.6) is 0 Å². The summed E-state index contributed by atoms with van der Waals surface area (Å²) in [6.45, 7) is 5.68. The highest BCUT2D eigenvalue weighted by atomic mass is 32.2. The van der Waals surface area contributed by atoms with E-state index in [2.05, 4.69) is 0 Å². The van der Waals surface area contributed by atoms with E-state index >= 15 is 0 Å². The SMILES string of the molecule is CCOC(=O)C1=c2/c(=C/c3ccc(C)cc3)c(N)c(S(=O)(=O)c3ccccc3)n2C(=O)[C@@H](c2ccc(C)cc2)S1. The third-order valence-electron chi connectivity index (χ3n) is 6.64. The minimum absolute atomic E-state index is 0.0144. The zero-order valence-electron chi connectivity index (χ0n) is 22.2. The van der Waals surface area contributed by atoms with Gasteiger partial charge in [-0.2, -0.15) is 0 Å². The van der Waals surface area contributed by atoms with Gasteiger partial charge in [-0.05, 0) is 50.1 Å². The molecule has 204 valence electrons. The van der Waals surface area contributed by atoms with Crippen molar-refractivity contribution < 1.29 is 22.7 Å². The maximum atomic E-state index is 14.2. The topological polar surface area (TPSA) is 108 Å². The van der Waals surface area contributed by atoms with Gasteiger partial charge in [0.2, 0.25) is 15.7 Å². The maximum absolute atomic E-state index is 14.2. The second-order valence-corrected chi connectivity index (χ2v) is 12.5. The van der Waals surface area contributed by atoms with Crippen molar-refractivity contribution in [3.8, 4) is 0 Å². The Hall–Kier alpha value is -4.08. The van der Waals surface area contributed by atoms with E-state index in [0.29, 0.717) is 5.56 Å². The van der Waals surface area contributed by atoms with Crippen molar-refractivity contribution in [1.82, 2.24) is 4.57 Å². The zero-order valence-corrected chi connectivity index (χ0v) is 23.9. The van der Waals surface area contributed by atoms with Gasteiger partial charge in [0, 0.05) is 5.22 Å². The lowest BCUT2D eigenvalue weighted by molar-refractivity contribution is -0.135. The van der Waals surface area contributed by atoms with Crippen molar-refractivity contribution in [2.75, 3.05) is 12.3 Å². The minimum Gasteiger partial charge on any atom is -0.462 e. The summed E-state index contributed by atoms with van der Waals surface area (Å²) in [5.41, 5.74) is 9.93. The van der Waals surface area contributed by atoms with E-state index in [4.69, 9.17) is 10.5 Å². The number of aryl methyl sites for hydroxylation is 2. The van der Waals surface area contributed by atoms with Gasteiger partial charge in [0.15, 0.2) is 5.03 Å². The highest BCUT2D eigenvalue weighted by Gasteiger charge is 2.40. The van der Waals surface area contributed by atoms with Crippen LogP contribution in [0.3, 0.4) is 0 Å². The monoisotopic (exact) mass is 572 g/mol. The highest BCUT2D eigenvalue weighted by molar-refractivity contribution is 8.10. The second kappa shape index (κ2) is 10.8. The number of rotatable bonds is 6. The van der Waals surface area contributed by atoms with Gasteiger partial charge in [0.1, 0.15) is 10.2 Å². The number of anilines is 1. The lowest BCUT2D eigenvalue weighted by Crippen LogP contribution is -2.42. The van der Waals surface area contributed by atoms with Crippen LogP contribution in [-0.2, 0) is 19.4 Å². The first-order valence-electron chi connectivity index (χ1n) is 12.7. The molecule has 3 aromatic carbocycles. The molecule has 40 heavy (non-hydrogen) atoms. The number of thioether (sulfide) groups is 1. The normalized spacial score (nSPS) is 15.7. The number of sulfone groups is 1. The van der Waals surface area contributed by atoms with Gasteiger partial charge in [0.25, 0.3) is 0 Å². The van der Waals surface area contributed by atoms with E-state index in [1.54, 1.807) is 43.3 Å². The van der Waals surface area contributed by atoms with Gasteiger partial charge in [-0.15, -0.1) is 0 Å². The van der Waals surface area contributed by atoms with Gasteiger partial charge >= 0.3 is 5.97 Å². The average Bonchev–Trinajstić information content (AvgIpc) is 3.24. The quantitative estimate of drug-likeness (QED) is 0.346. The van der Waals surface area contributed by atoms with E-state index in [-0.39, 0.29) is 37.7 Å². The van der Waals surface area contributed by atoms with E-state index in [9.17, 15) is 18.0 Å². The van der Waals surface area contributed by atoms with Crippen LogP contribution in [-0.4, -0.2) is 31.5 Å². The summed E-state index contributed by atoms with van der Waals surface area (Å²) in [6.07, 6.45) is 1.70. The molecule has 0 aliphatic carbocycles. The Morgan fingerprint density at radius 3 is 2.17 bits per heavy atom. The Labute approximate surface area is 236 Å². The predicted octanol–water partition coefficient (Wildman–Crippen LogP) is 4.15. The molecule has 9 heteroatoms. The van der Waals surface area contributed by atoms with E-state index in [0.717, 1.165) is 33.0 Å². The number of hydrogen-bond acceptors (Lipinski definition) is 7. The second-order valence-electron chi connectivity index (χ2n) is 9.48. The molecule has 2 heterocycles. The number of carbonyl (C=O) groups is 2. The molecule has 0 radical (unpaired) electrons. The smallest absolute Gasteiger partial charge is 0.346 e. The maximum Gasteiger partial charge on any atom is 0.346 e. The largest absolute Gasteiger partial charge is 0.462 e. The van der Waals surface area contributed by atoms with Crippen LogP contribution in [0, 0.1) is 13.8 Å². The fourth-order valence-electron chi connectivity index (χ4n) is 4.61. The number of hydrogen-bond donors (Lipinski definition) is 1. The summed E-state index contributed by atoms with van der Waals surface area (Å²) >= 11 is 1.05. The summed E-state index contributed by atoms with van der Waals surface area (Å²) in [6, 6.07) is 22.7. The molecule has 4 aromatic rings. The predicted molar refractivity (Wildman–Crippen MR) is 157 cm³/mol. The van der Waals surface area contributed by atoms with Crippen LogP contribution in [0.25, 0.3) is 11.0 Å². The third-order valence-corrected chi connectivity index (χ3v) is 9.74. The molecule has 1 atom stereocenters. The van der Waals surface area contributed by atoms with Gasteiger partial charge < -0.3 is 10.5 Å². The lowest BCUT2D eigenvalue weighted by Gasteiger charge is -2.24. The molecule has 0 saturated heterocycles. The van der Waals surface area contributed by atoms with Gasteiger partial charge in [0.05, 0.1) is 22.5 Å². The van der Waals surface area contributed by atoms with Crippen molar-refractivity contribution >= 4 is 50.1 Å². The molecular formula is C31H28N2O5S2. The van der Waals surface area contributed by atoms with Crippen LogP contribution in [0.4, 0.5) is 5.69 Å². The molecule has 1 aliphatic rings. The first-order chi connectivity index (χ1) is 19.1. The molecule has 1 aromatic heterocycles. The van der Waals surface area contributed by atoms with Crippen LogP contribution in [0.15, 0.2) is 88.8 Å². The number of carbonyl (C=O) groups excluding carboxylic acids is 2. The van der Waals surface area contributed by atoms with E-state index in [1.165, 1.54) is 12.1 Å². The van der Waals surface area contributed by atoms with Crippen molar-refractivity contribution in [1.29, 1.82) is 0 Å². The van der Waals surface area contributed by atoms with E-state index < -0.39 is 27.0 Å². The molecule has 0 unspecified atom stereocenters. The number of fused-ring (bicyclic) bond motifs is 1. The molecule has 1 aliphatic heterocycles. The third kappa shape index (κ3) is 4.87. The van der Waals surface area contributed by atoms with Crippen molar-refractivity contribution in [3.05, 3.63) is 112 Å². The molecule has 0 saturated carbocycles. The summed E-state index contributed by atoms with van der Waals surface area (Å²) in [4.78, 5) is 27.7. The van der Waals surface area contributed by atoms with Crippen LogP contribution in [0.2, 0.25) is 0 Å². The van der Waals surface area contributed by atoms with Crippen LogP contribution >= 0.6 is 11.8 Å². The summed E-state index contributed by atoms with van der Waals surface area (Å²) in [5, 5.41) is -0.874. The fourth-order valence-corrected chi connectivity index (χ4v) is 7.37. The van der Waals surface area contributed by atoms with Gasteiger partial charge in [-0.25, -0.2) is 13.2 Å². The summed E-state index contributed by atoms with van der Waals surface area (Å²) in [5.74, 6) is -1.17. The van der Waals surface area contributed by atoms with Gasteiger partial charge in [-0.1, -0.05) is 89.6 Å². The summed E-state index contributed by atoms with van der Waals surface area (Å²) in [7, 11) is -4.27. The molecule has 2 N–H and O–H groups in total. The van der Waals surface area contributed by atoms with Crippen LogP contribution < -0.4 is 16.3 Å². The highest BCUT2D eigenvalue weighted by Crippen LogP contribution is 2.40. The Morgan fingerprint density at radius 1 is 0.975 bits per heavy atom. The van der Waals surface area contributed by atoms with Crippen LogP contribution in [0.1, 0.15) is 39.2 Å². The fraction of sp³-hybridized carbons (Fsp3) is 0.161. The van der Waals surface area contributed by atoms with Gasteiger partial charge in [-0.3, -0.25) is 9.36 Å². The molecule has 7 nitrogen and oxygen atoms in total. The van der Waals surface area contributed by atoms with Crippen molar-refractivity contribution in [3.63, 3.8) is 0 Å². The minimum atomic E-state index is -4.27. The number of benzene rings is 3. The lowest BCUT2D eigenvalue weighted by atomic mass is 10.1. The number of ether oxygens (including phenoxy) is 1. The van der Waals surface area contributed by atoms with Crippen molar-refractivity contribution in [2.45, 2.75) is 35.9 Å². The number of esters is 1. The summed E-state index contributed by atoms with van der Waals surface area (Å²) < 4.78 is 34.6. The first kappa shape index (κ1) is 27.5. The molecule has 0 fully saturated rings. The Balaban J connectivity index is 1.91. The standard InChI is InChI=1S/C31H28N2O5S2/c1-4-38-31(35)28-26-24(18-21-14-10-19(2)11-15-21)25(32)30(40(36,37)23-8-6-5-7-9-23)33(26)29(34)27(39-28)22-16-12-20(3)13-17-22/h5-18,27H,4,32H2,1-3H3/b24-18+/t27-/m1/s1. The molecule has 0 bridgehead atoms. The molecule has 5 rings (SSSR count). The zero-order chi connectivity index (χ0) is 28.6. The number of nitrogens with zero attached hydrogens (tertiary/aromatic N) is 1. The molecule has 0 spiro atoms.